The zero-order valence-electron chi connectivity index (χ0n) is 10.4. The number of nitrogens with zero attached hydrogens (tertiary/aromatic N) is 2. The normalized spacial score (nSPS) is 36.7. The number of hydrogen-bond donors (Lipinski definition) is 0. The summed E-state index contributed by atoms with van der Waals surface area (Å²) in [5, 5.41) is 8.81. The van der Waals surface area contributed by atoms with Crippen molar-refractivity contribution in [2.75, 3.05) is 20.2 Å². The van der Waals surface area contributed by atoms with Crippen LogP contribution in [-0.2, 0) is 4.74 Å². The van der Waals surface area contributed by atoms with E-state index in [0.29, 0.717) is 6.10 Å². The molecule has 1 heterocycles. The molecule has 0 aromatic rings. The Kier molecular flexibility index (Phi) is 3.51. The summed E-state index contributed by atoms with van der Waals surface area (Å²) in [4.78, 5) is 2.54. The van der Waals surface area contributed by atoms with E-state index in [1.165, 1.54) is 25.7 Å². The lowest BCUT2D eigenvalue weighted by molar-refractivity contribution is -0.0635. The molecule has 0 spiro atoms. The molecule has 0 aromatic carbocycles. The highest BCUT2D eigenvalue weighted by Crippen LogP contribution is 2.40. The Labute approximate surface area is 98.4 Å². The summed E-state index contributed by atoms with van der Waals surface area (Å²) in [7, 11) is 1.80. The van der Waals surface area contributed by atoms with Crippen LogP contribution >= 0.6 is 0 Å². The molecule has 2 rings (SSSR count). The molecule has 1 aliphatic heterocycles. The molecule has 16 heavy (non-hydrogen) atoms. The smallest absolute Gasteiger partial charge is 0.0825 e. The van der Waals surface area contributed by atoms with Gasteiger partial charge in [-0.3, -0.25) is 4.90 Å². The highest BCUT2D eigenvalue weighted by Gasteiger charge is 2.37. The fraction of sp³-hybridized carbons (Fsp3) is 0.923. The zero-order valence-corrected chi connectivity index (χ0v) is 10.4. The number of methoxy groups -OCH3 is 1. The molecule has 3 nitrogen and oxygen atoms in total. The van der Waals surface area contributed by atoms with Crippen molar-refractivity contribution < 1.29 is 4.74 Å². The number of rotatable bonds is 3. The summed E-state index contributed by atoms with van der Waals surface area (Å²) < 4.78 is 5.30. The standard InChI is InChI=1S/C13H22N2O/c1-13(7-8-14)5-3-11(4-6-13)15-9-12(10-15)16-2/h11-12H,3-7,9-10H2,1-2H3. The Hall–Kier alpha value is -0.590. The minimum absolute atomic E-state index is 0.288. The van der Waals surface area contributed by atoms with Gasteiger partial charge < -0.3 is 4.74 Å². The summed E-state index contributed by atoms with van der Waals surface area (Å²) in [6, 6.07) is 3.08. The quantitative estimate of drug-likeness (QED) is 0.734. The number of ether oxygens (including phenoxy) is 1. The summed E-state index contributed by atoms with van der Waals surface area (Å²) in [6.07, 6.45) is 6.12. The Balaban J connectivity index is 1.76. The Morgan fingerprint density at radius 3 is 2.50 bits per heavy atom. The summed E-state index contributed by atoms with van der Waals surface area (Å²) in [6.45, 7) is 4.48. The van der Waals surface area contributed by atoms with Crippen LogP contribution in [0, 0.1) is 16.7 Å². The second kappa shape index (κ2) is 4.73. The Morgan fingerprint density at radius 2 is 2.00 bits per heavy atom. The van der Waals surface area contributed by atoms with Crippen LogP contribution in [0.4, 0.5) is 0 Å². The van der Waals surface area contributed by atoms with E-state index >= 15 is 0 Å². The van der Waals surface area contributed by atoms with Crippen LogP contribution in [0.2, 0.25) is 0 Å². The van der Waals surface area contributed by atoms with E-state index in [9.17, 15) is 0 Å². The van der Waals surface area contributed by atoms with E-state index in [1.807, 2.05) is 0 Å². The third kappa shape index (κ3) is 2.39. The fourth-order valence-corrected chi connectivity index (χ4v) is 2.95. The van der Waals surface area contributed by atoms with Gasteiger partial charge in [0.1, 0.15) is 0 Å². The van der Waals surface area contributed by atoms with Gasteiger partial charge in [0.05, 0.1) is 12.2 Å². The van der Waals surface area contributed by atoms with Crippen molar-refractivity contribution in [3.8, 4) is 6.07 Å². The first-order valence-corrected chi connectivity index (χ1v) is 6.31. The van der Waals surface area contributed by atoms with Crippen molar-refractivity contribution in [3.05, 3.63) is 0 Å². The predicted octanol–water partition coefficient (Wildman–Crippen LogP) is 2.18. The monoisotopic (exact) mass is 222 g/mol. The van der Waals surface area contributed by atoms with Crippen LogP contribution in [-0.4, -0.2) is 37.2 Å². The third-order valence-corrected chi connectivity index (χ3v) is 4.39. The molecule has 0 radical (unpaired) electrons. The fourth-order valence-electron chi connectivity index (χ4n) is 2.95. The molecular formula is C13H22N2O. The topological polar surface area (TPSA) is 36.3 Å². The molecule has 2 aliphatic rings. The maximum Gasteiger partial charge on any atom is 0.0825 e. The highest BCUT2D eigenvalue weighted by atomic mass is 16.5. The SMILES string of the molecule is COC1CN(C2CCC(C)(CC#N)CC2)C1. The Morgan fingerprint density at radius 1 is 1.38 bits per heavy atom. The lowest BCUT2D eigenvalue weighted by Gasteiger charge is -2.47. The van der Waals surface area contributed by atoms with Gasteiger partial charge in [-0.05, 0) is 31.1 Å². The van der Waals surface area contributed by atoms with Crippen LogP contribution in [0.5, 0.6) is 0 Å². The van der Waals surface area contributed by atoms with Crippen LogP contribution in [0.1, 0.15) is 39.0 Å². The van der Waals surface area contributed by atoms with Crippen molar-refractivity contribution in [2.45, 2.75) is 51.2 Å². The van der Waals surface area contributed by atoms with Crippen molar-refractivity contribution in [1.29, 1.82) is 5.26 Å². The molecular weight excluding hydrogens is 200 g/mol. The zero-order chi connectivity index (χ0) is 11.6. The second-order valence-corrected chi connectivity index (χ2v) is 5.69. The third-order valence-electron chi connectivity index (χ3n) is 4.39. The summed E-state index contributed by atoms with van der Waals surface area (Å²) in [5.74, 6) is 0. The summed E-state index contributed by atoms with van der Waals surface area (Å²) >= 11 is 0. The van der Waals surface area contributed by atoms with Crippen LogP contribution in [0.25, 0.3) is 0 Å². The van der Waals surface area contributed by atoms with E-state index in [2.05, 4.69) is 17.9 Å². The van der Waals surface area contributed by atoms with Crippen molar-refractivity contribution in [1.82, 2.24) is 4.90 Å². The molecule has 1 aliphatic carbocycles. The summed E-state index contributed by atoms with van der Waals surface area (Å²) in [5.41, 5.74) is 0.288. The van der Waals surface area contributed by atoms with Gasteiger partial charge in [0, 0.05) is 32.7 Å². The Bertz CT molecular complexity index is 270. The predicted molar refractivity (Wildman–Crippen MR) is 63.0 cm³/mol. The maximum atomic E-state index is 8.81. The van der Waals surface area contributed by atoms with Gasteiger partial charge in [0.2, 0.25) is 0 Å². The average Bonchev–Trinajstić information content (AvgIpc) is 2.20. The largest absolute Gasteiger partial charge is 0.379 e. The molecule has 3 heteroatoms. The maximum absolute atomic E-state index is 8.81. The van der Waals surface area contributed by atoms with Gasteiger partial charge >= 0.3 is 0 Å². The molecule has 0 atom stereocenters. The molecule has 0 bridgehead atoms. The van der Waals surface area contributed by atoms with E-state index in [0.717, 1.165) is 25.6 Å². The van der Waals surface area contributed by atoms with Crippen LogP contribution in [0.15, 0.2) is 0 Å². The van der Waals surface area contributed by atoms with Crippen LogP contribution < -0.4 is 0 Å². The molecule has 0 unspecified atom stereocenters. The van der Waals surface area contributed by atoms with Gasteiger partial charge in [0.25, 0.3) is 0 Å². The number of likely N-dealkylation sites (tertiary alicyclic amines) is 1. The minimum Gasteiger partial charge on any atom is -0.379 e. The molecule has 2 fully saturated rings. The number of hydrogen-bond acceptors (Lipinski definition) is 3. The average molecular weight is 222 g/mol. The minimum atomic E-state index is 0.288. The lowest BCUT2D eigenvalue weighted by atomic mass is 9.71. The lowest BCUT2D eigenvalue weighted by Crippen LogP contribution is -2.57. The first-order chi connectivity index (χ1) is 7.67. The molecule has 1 saturated heterocycles. The van der Waals surface area contributed by atoms with E-state index in [4.69, 9.17) is 10.00 Å². The van der Waals surface area contributed by atoms with Crippen molar-refractivity contribution in [3.63, 3.8) is 0 Å². The van der Waals surface area contributed by atoms with E-state index in [-0.39, 0.29) is 5.41 Å². The molecule has 90 valence electrons. The van der Waals surface area contributed by atoms with Gasteiger partial charge in [-0.25, -0.2) is 0 Å². The van der Waals surface area contributed by atoms with Crippen LogP contribution in [0.3, 0.4) is 0 Å². The van der Waals surface area contributed by atoms with Gasteiger partial charge in [-0.2, -0.15) is 5.26 Å². The van der Waals surface area contributed by atoms with Gasteiger partial charge in [-0.15, -0.1) is 0 Å². The molecule has 0 aromatic heterocycles. The first kappa shape index (κ1) is 11.9. The highest BCUT2D eigenvalue weighted by molar-refractivity contribution is 4.94. The first-order valence-electron chi connectivity index (χ1n) is 6.31. The molecule has 0 N–H and O–H groups in total. The molecule has 0 amide bonds. The van der Waals surface area contributed by atoms with E-state index in [1.54, 1.807) is 7.11 Å². The van der Waals surface area contributed by atoms with E-state index < -0.39 is 0 Å². The second-order valence-electron chi connectivity index (χ2n) is 5.69. The number of nitriles is 1. The molecule has 1 saturated carbocycles. The van der Waals surface area contributed by atoms with Crippen molar-refractivity contribution >= 4 is 0 Å². The van der Waals surface area contributed by atoms with Gasteiger partial charge in [-0.1, -0.05) is 6.92 Å². The van der Waals surface area contributed by atoms with Gasteiger partial charge in [0.15, 0.2) is 0 Å². The van der Waals surface area contributed by atoms with Crippen molar-refractivity contribution in [2.24, 2.45) is 5.41 Å².